The second-order valence-electron chi connectivity index (χ2n) is 4.74. The molecule has 18 heavy (non-hydrogen) atoms. The Labute approximate surface area is 107 Å². The van der Waals surface area contributed by atoms with Crippen LogP contribution in [0.4, 0.5) is 10.1 Å². The van der Waals surface area contributed by atoms with Crippen LogP contribution in [0.3, 0.4) is 0 Å². The van der Waals surface area contributed by atoms with Crippen molar-refractivity contribution in [2.45, 2.75) is 20.8 Å². The molecule has 0 saturated carbocycles. The molecule has 4 nitrogen and oxygen atoms in total. The summed E-state index contributed by atoms with van der Waals surface area (Å²) in [5.74, 6) is 5.19. The molecule has 0 spiro atoms. The fourth-order valence-corrected chi connectivity index (χ4v) is 1.44. The van der Waals surface area contributed by atoms with Crippen LogP contribution < -0.4 is 16.6 Å². The number of anilines is 1. The summed E-state index contributed by atoms with van der Waals surface area (Å²) in [4.78, 5) is 11.9. The predicted molar refractivity (Wildman–Crippen MR) is 70.5 cm³/mol. The molecule has 100 valence electrons. The largest absolute Gasteiger partial charge is 0.352 e. The van der Waals surface area contributed by atoms with Gasteiger partial charge >= 0.3 is 0 Å². The first kappa shape index (κ1) is 14.4. The molecular weight excluding hydrogens is 233 g/mol. The third kappa shape index (κ3) is 3.43. The van der Waals surface area contributed by atoms with E-state index in [0.29, 0.717) is 18.4 Å². The van der Waals surface area contributed by atoms with Crippen LogP contribution >= 0.6 is 0 Å². The molecule has 0 fully saturated rings. The average Bonchev–Trinajstić information content (AvgIpc) is 2.34. The van der Waals surface area contributed by atoms with Gasteiger partial charge in [-0.15, -0.1) is 0 Å². The first-order valence-corrected chi connectivity index (χ1v) is 6.00. The highest BCUT2D eigenvalue weighted by atomic mass is 19.1. The zero-order chi connectivity index (χ0) is 13.7. The molecule has 1 atom stereocenters. The van der Waals surface area contributed by atoms with Gasteiger partial charge in [0.2, 0.25) is 0 Å². The van der Waals surface area contributed by atoms with E-state index in [0.717, 1.165) is 0 Å². The average molecular weight is 253 g/mol. The molecule has 0 aliphatic carbocycles. The van der Waals surface area contributed by atoms with E-state index in [9.17, 15) is 9.18 Å². The minimum atomic E-state index is -0.540. The number of nitrogens with one attached hydrogen (secondary N) is 2. The predicted octanol–water partition coefficient (Wildman–Crippen LogP) is 2.13. The molecule has 4 N–H and O–H groups in total. The second-order valence-corrected chi connectivity index (χ2v) is 4.74. The fraction of sp³-hybridized carbons (Fsp3) is 0.462. The summed E-state index contributed by atoms with van der Waals surface area (Å²) in [5.41, 5.74) is 2.46. The number of carbonyl (C=O) groups is 1. The van der Waals surface area contributed by atoms with Crippen molar-refractivity contribution < 1.29 is 9.18 Å². The topological polar surface area (TPSA) is 67.2 Å². The van der Waals surface area contributed by atoms with Crippen molar-refractivity contribution in [3.05, 3.63) is 29.6 Å². The van der Waals surface area contributed by atoms with E-state index in [1.54, 1.807) is 0 Å². The zero-order valence-corrected chi connectivity index (χ0v) is 11.0. The second kappa shape index (κ2) is 6.35. The Balaban J connectivity index is 2.76. The zero-order valence-electron chi connectivity index (χ0n) is 11.0. The van der Waals surface area contributed by atoms with Gasteiger partial charge in [0.1, 0.15) is 5.82 Å². The number of carbonyl (C=O) groups excluding carboxylic acids is 1. The minimum Gasteiger partial charge on any atom is -0.352 e. The summed E-state index contributed by atoms with van der Waals surface area (Å²) >= 11 is 0. The number of benzene rings is 1. The number of amides is 1. The molecule has 0 aliphatic rings. The number of para-hydroxylation sites is 1. The molecule has 1 amide bonds. The number of nitrogens with two attached hydrogens (primary N) is 1. The Morgan fingerprint density at radius 1 is 1.39 bits per heavy atom. The first-order valence-electron chi connectivity index (χ1n) is 6.00. The van der Waals surface area contributed by atoms with E-state index >= 15 is 0 Å². The summed E-state index contributed by atoms with van der Waals surface area (Å²) in [7, 11) is 0. The number of hydrazine groups is 1. The van der Waals surface area contributed by atoms with Gasteiger partial charge in [0, 0.05) is 6.54 Å². The molecule has 0 radical (unpaired) electrons. The van der Waals surface area contributed by atoms with Crippen LogP contribution in [0.1, 0.15) is 31.1 Å². The third-order valence-corrected chi connectivity index (χ3v) is 3.13. The molecule has 1 rings (SSSR count). The van der Waals surface area contributed by atoms with E-state index in [-0.39, 0.29) is 17.2 Å². The van der Waals surface area contributed by atoms with Gasteiger partial charge in [-0.3, -0.25) is 10.6 Å². The van der Waals surface area contributed by atoms with Crippen molar-refractivity contribution >= 4 is 11.6 Å². The Morgan fingerprint density at radius 3 is 2.61 bits per heavy atom. The quantitative estimate of drug-likeness (QED) is 0.556. The minimum absolute atomic E-state index is 0.0206. The van der Waals surface area contributed by atoms with Crippen LogP contribution in [0.2, 0.25) is 0 Å². The van der Waals surface area contributed by atoms with Crippen molar-refractivity contribution in [2.24, 2.45) is 17.7 Å². The molecule has 1 unspecified atom stereocenters. The van der Waals surface area contributed by atoms with Gasteiger partial charge in [-0.2, -0.15) is 0 Å². The maximum Gasteiger partial charge on any atom is 0.253 e. The van der Waals surface area contributed by atoms with Crippen LogP contribution in [-0.4, -0.2) is 12.5 Å². The SMILES string of the molecule is CC(C)C(C)CNC(=O)c1cccc(F)c1NN. The lowest BCUT2D eigenvalue weighted by Crippen LogP contribution is -2.31. The van der Waals surface area contributed by atoms with Crippen LogP contribution in [0.25, 0.3) is 0 Å². The van der Waals surface area contributed by atoms with Crippen LogP contribution in [0.5, 0.6) is 0 Å². The lowest BCUT2D eigenvalue weighted by Gasteiger charge is -2.17. The lowest BCUT2D eigenvalue weighted by atomic mass is 9.98. The van der Waals surface area contributed by atoms with Crippen LogP contribution in [-0.2, 0) is 0 Å². The normalized spacial score (nSPS) is 12.3. The molecule has 1 aromatic rings. The van der Waals surface area contributed by atoms with Crippen molar-refractivity contribution in [1.29, 1.82) is 0 Å². The molecule has 0 aliphatic heterocycles. The monoisotopic (exact) mass is 253 g/mol. The Bertz CT molecular complexity index is 421. The van der Waals surface area contributed by atoms with Crippen molar-refractivity contribution in [2.75, 3.05) is 12.0 Å². The highest BCUT2D eigenvalue weighted by molar-refractivity contribution is 5.99. The highest BCUT2D eigenvalue weighted by Crippen LogP contribution is 2.18. The standard InChI is InChI=1S/C13H20FN3O/c1-8(2)9(3)7-16-13(18)10-5-4-6-11(14)12(10)17-15/h4-6,8-9,17H,7,15H2,1-3H3,(H,16,18). The Hall–Kier alpha value is -1.62. The van der Waals surface area contributed by atoms with Crippen LogP contribution in [0, 0.1) is 17.7 Å². The van der Waals surface area contributed by atoms with Crippen molar-refractivity contribution in [3.63, 3.8) is 0 Å². The summed E-state index contributed by atoms with van der Waals surface area (Å²) in [6, 6.07) is 4.27. The van der Waals surface area contributed by atoms with E-state index in [1.165, 1.54) is 18.2 Å². The molecule has 0 saturated heterocycles. The van der Waals surface area contributed by atoms with Gasteiger partial charge < -0.3 is 10.7 Å². The molecule has 1 aromatic carbocycles. The number of halogens is 1. The van der Waals surface area contributed by atoms with E-state index < -0.39 is 5.82 Å². The maximum absolute atomic E-state index is 13.4. The first-order chi connectivity index (χ1) is 8.47. The highest BCUT2D eigenvalue weighted by Gasteiger charge is 2.15. The lowest BCUT2D eigenvalue weighted by molar-refractivity contribution is 0.0945. The van der Waals surface area contributed by atoms with Gasteiger partial charge in [-0.05, 0) is 24.0 Å². The molecular formula is C13H20FN3O. The van der Waals surface area contributed by atoms with Gasteiger partial charge in [-0.25, -0.2) is 4.39 Å². The summed E-state index contributed by atoms with van der Waals surface area (Å²) in [6.07, 6.45) is 0. The smallest absolute Gasteiger partial charge is 0.253 e. The molecule has 5 heteroatoms. The van der Waals surface area contributed by atoms with E-state index in [1.807, 2.05) is 0 Å². The summed E-state index contributed by atoms with van der Waals surface area (Å²) in [5, 5.41) is 2.78. The summed E-state index contributed by atoms with van der Waals surface area (Å²) in [6.45, 7) is 6.79. The molecule has 0 aromatic heterocycles. The van der Waals surface area contributed by atoms with Crippen molar-refractivity contribution in [3.8, 4) is 0 Å². The number of hydrogen-bond acceptors (Lipinski definition) is 3. The summed E-state index contributed by atoms with van der Waals surface area (Å²) < 4.78 is 13.4. The van der Waals surface area contributed by atoms with Crippen LogP contribution in [0.15, 0.2) is 18.2 Å². The van der Waals surface area contributed by atoms with Gasteiger partial charge in [0.05, 0.1) is 11.3 Å². The number of rotatable bonds is 5. The van der Waals surface area contributed by atoms with E-state index in [2.05, 4.69) is 31.5 Å². The van der Waals surface area contributed by atoms with Gasteiger partial charge in [0.25, 0.3) is 5.91 Å². The van der Waals surface area contributed by atoms with Gasteiger partial charge in [0.15, 0.2) is 0 Å². The third-order valence-electron chi connectivity index (χ3n) is 3.13. The Morgan fingerprint density at radius 2 is 2.06 bits per heavy atom. The van der Waals surface area contributed by atoms with E-state index in [4.69, 9.17) is 5.84 Å². The van der Waals surface area contributed by atoms with Gasteiger partial charge in [-0.1, -0.05) is 26.8 Å². The molecule has 0 heterocycles. The number of hydrogen-bond donors (Lipinski definition) is 3. The van der Waals surface area contributed by atoms with Crippen molar-refractivity contribution in [1.82, 2.24) is 5.32 Å². The fourth-order valence-electron chi connectivity index (χ4n) is 1.44. The number of nitrogen functional groups attached to an aromatic ring is 1. The Kier molecular flexibility index (Phi) is 5.09. The maximum atomic E-state index is 13.4. The molecule has 0 bridgehead atoms.